The SMILES string of the molecule is CC(C)c1ccc(N(C)C(=O)c2ccc(OCC(N)=O)cc2)cc1. The third kappa shape index (κ3) is 4.35. The highest BCUT2D eigenvalue weighted by atomic mass is 16.5. The molecule has 0 unspecified atom stereocenters. The van der Waals surface area contributed by atoms with Crippen LogP contribution >= 0.6 is 0 Å². The second-order valence-corrected chi connectivity index (χ2v) is 5.89. The molecule has 24 heavy (non-hydrogen) atoms. The van der Waals surface area contributed by atoms with Crippen LogP contribution in [0.4, 0.5) is 5.69 Å². The van der Waals surface area contributed by atoms with Gasteiger partial charge in [-0.3, -0.25) is 9.59 Å². The highest BCUT2D eigenvalue weighted by Gasteiger charge is 2.14. The van der Waals surface area contributed by atoms with E-state index in [0.29, 0.717) is 17.2 Å². The van der Waals surface area contributed by atoms with Crippen LogP contribution in [0.3, 0.4) is 0 Å². The highest BCUT2D eigenvalue weighted by molar-refractivity contribution is 6.05. The van der Waals surface area contributed by atoms with E-state index in [1.54, 1.807) is 36.2 Å². The van der Waals surface area contributed by atoms with Crippen molar-refractivity contribution in [3.63, 3.8) is 0 Å². The first-order chi connectivity index (χ1) is 11.4. The van der Waals surface area contributed by atoms with Crippen LogP contribution in [0, 0.1) is 0 Å². The summed E-state index contributed by atoms with van der Waals surface area (Å²) in [6, 6.07) is 14.6. The summed E-state index contributed by atoms with van der Waals surface area (Å²) in [5, 5.41) is 0. The second-order valence-electron chi connectivity index (χ2n) is 5.89. The third-order valence-electron chi connectivity index (χ3n) is 3.73. The molecule has 0 atom stereocenters. The Morgan fingerprint density at radius 1 is 1.04 bits per heavy atom. The average molecular weight is 326 g/mol. The number of primary amides is 1. The quantitative estimate of drug-likeness (QED) is 0.887. The molecule has 0 aromatic heterocycles. The molecule has 2 aromatic rings. The molecule has 0 bridgehead atoms. The van der Waals surface area contributed by atoms with Gasteiger partial charge in [0.2, 0.25) is 0 Å². The summed E-state index contributed by atoms with van der Waals surface area (Å²) in [5.74, 6) is 0.288. The molecule has 2 amide bonds. The molecule has 0 aliphatic rings. The van der Waals surface area contributed by atoms with Crippen molar-refractivity contribution in [2.45, 2.75) is 19.8 Å². The fraction of sp³-hybridized carbons (Fsp3) is 0.263. The number of rotatable bonds is 6. The highest BCUT2D eigenvalue weighted by Crippen LogP contribution is 2.21. The maximum Gasteiger partial charge on any atom is 0.258 e. The van der Waals surface area contributed by atoms with E-state index in [1.165, 1.54) is 5.56 Å². The van der Waals surface area contributed by atoms with E-state index < -0.39 is 5.91 Å². The van der Waals surface area contributed by atoms with Gasteiger partial charge in [0.15, 0.2) is 6.61 Å². The Balaban J connectivity index is 2.08. The van der Waals surface area contributed by atoms with Crippen molar-refractivity contribution in [2.24, 2.45) is 5.73 Å². The lowest BCUT2D eigenvalue weighted by Gasteiger charge is -2.18. The number of nitrogens with two attached hydrogens (primary N) is 1. The number of carbonyl (C=O) groups excluding carboxylic acids is 2. The maximum atomic E-state index is 12.6. The Morgan fingerprint density at radius 3 is 2.12 bits per heavy atom. The molecular formula is C19H22N2O3. The first kappa shape index (κ1) is 17.5. The smallest absolute Gasteiger partial charge is 0.258 e. The van der Waals surface area contributed by atoms with Gasteiger partial charge in [0.1, 0.15) is 5.75 Å². The lowest BCUT2D eigenvalue weighted by atomic mass is 10.0. The molecule has 0 radical (unpaired) electrons. The number of benzene rings is 2. The Hall–Kier alpha value is -2.82. The number of nitrogens with zero attached hydrogens (tertiary/aromatic N) is 1. The predicted octanol–water partition coefficient (Wildman–Crippen LogP) is 2.95. The third-order valence-corrected chi connectivity index (χ3v) is 3.73. The monoisotopic (exact) mass is 326 g/mol. The molecule has 0 fully saturated rings. The number of hydrogen-bond donors (Lipinski definition) is 1. The van der Waals surface area contributed by atoms with Crippen molar-refractivity contribution < 1.29 is 14.3 Å². The molecule has 2 rings (SSSR count). The van der Waals surface area contributed by atoms with Gasteiger partial charge in [0.05, 0.1) is 0 Å². The normalized spacial score (nSPS) is 10.5. The van der Waals surface area contributed by atoms with E-state index in [1.807, 2.05) is 24.3 Å². The van der Waals surface area contributed by atoms with Gasteiger partial charge in [-0.15, -0.1) is 0 Å². The molecule has 126 valence electrons. The van der Waals surface area contributed by atoms with E-state index in [9.17, 15) is 9.59 Å². The number of amides is 2. The molecule has 5 nitrogen and oxygen atoms in total. The van der Waals surface area contributed by atoms with Crippen molar-refractivity contribution >= 4 is 17.5 Å². The minimum absolute atomic E-state index is 0.117. The predicted molar refractivity (Wildman–Crippen MR) is 94.4 cm³/mol. The first-order valence-corrected chi connectivity index (χ1v) is 7.77. The van der Waals surface area contributed by atoms with E-state index >= 15 is 0 Å². The van der Waals surface area contributed by atoms with Crippen LogP contribution in [-0.2, 0) is 4.79 Å². The molecule has 0 heterocycles. The summed E-state index contributed by atoms with van der Waals surface area (Å²) in [6.45, 7) is 4.08. The van der Waals surface area contributed by atoms with Gasteiger partial charge in [-0.25, -0.2) is 0 Å². The molecular weight excluding hydrogens is 304 g/mol. The summed E-state index contributed by atoms with van der Waals surface area (Å²) < 4.78 is 5.18. The zero-order valence-electron chi connectivity index (χ0n) is 14.2. The Morgan fingerprint density at radius 2 is 1.62 bits per heavy atom. The van der Waals surface area contributed by atoms with Crippen LogP contribution < -0.4 is 15.4 Å². The van der Waals surface area contributed by atoms with Crippen molar-refractivity contribution in [3.05, 3.63) is 59.7 Å². The Bertz CT molecular complexity index is 706. The lowest BCUT2D eigenvalue weighted by Crippen LogP contribution is -2.26. The minimum Gasteiger partial charge on any atom is -0.484 e. The van der Waals surface area contributed by atoms with Gasteiger partial charge in [-0.1, -0.05) is 26.0 Å². The molecule has 0 aliphatic heterocycles. The molecule has 0 aliphatic carbocycles. The lowest BCUT2D eigenvalue weighted by molar-refractivity contribution is -0.119. The standard InChI is InChI=1S/C19H22N2O3/c1-13(2)14-4-8-16(9-5-14)21(3)19(23)15-6-10-17(11-7-15)24-12-18(20)22/h4-11,13H,12H2,1-3H3,(H2,20,22). The summed E-state index contributed by atoms with van der Waals surface area (Å²) in [5.41, 5.74) is 7.63. The summed E-state index contributed by atoms with van der Waals surface area (Å²) in [7, 11) is 1.74. The summed E-state index contributed by atoms with van der Waals surface area (Å²) in [6.07, 6.45) is 0. The van der Waals surface area contributed by atoms with Gasteiger partial charge >= 0.3 is 0 Å². The number of hydrogen-bond acceptors (Lipinski definition) is 3. The second kappa shape index (κ2) is 7.64. The topological polar surface area (TPSA) is 72.6 Å². The Kier molecular flexibility index (Phi) is 5.58. The summed E-state index contributed by atoms with van der Waals surface area (Å²) >= 11 is 0. The van der Waals surface area contributed by atoms with Crippen molar-refractivity contribution in [2.75, 3.05) is 18.6 Å². The minimum atomic E-state index is -0.542. The number of anilines is 1. The zero-order chi connectivity index (χ0) is 17.7. The Labute approximate surface area is 142 Å². The van der Waals surface area contributed by atoms with Crippen molar-refractivity contribution in [3.8, 4) is 5.75 Å². The zero-order valence-corrected chi connectivity index (χ0v) is 14.2. The number of ether oxygens (including phenoxy) is 1. The number of carbonyl (C=O) groups is 2. The van der Waals surface area contributed by atoms with Crippen LogP contribution in [-0.4, -0.2) is 25.5 Å². The largest absolute Gasteiger partial charge is 0.484 e. The van der Waals surface area contributed by atoms with Crippen molar-refractivity contribution in [1.82, 2.24) is 0 Å². The average Bonchev–Trinajstić information content (AvgIpc) is 2.59. The van der Waals surface area contributed by atoms with Crippen molar-refractivity contribution in [1.29, 1.82) is 0 Å². The fourth-order valence-electron chi connectivity index (χ4n) is 2.24. The van der Waals surface area contributed by atoms with Gasteiger partial charge in [0, 0.05) is 18.3 Å². The van der Waals surface area contributed by atoms with E-state index in [0.717, 1.165) is 5.69 Å². The van der Waals surface area contributed by atoms with E-state index in [4.69, 9.17) is 10.5 Å². The first-order valence-electron chi connectivity index (χ1n) is 7.77. The van der Waals surface area contributed by atoms with Crippen LogP contribution in [0.5, 0.6) is 5.75 Å². The van der Waals surface area contributed by atoms with Gasteiger partial charge < -0.3 is 15.4 Å². The summed E-state index contributed by atoms with van der Waals surface area (Å²) in [4.78, 5) is 24.8. The molecule has 2 aromatic carbocycles. The molecule has 2 N–H and O–H groups in total. The van der Waals surface area contributed by atoms with Gasteiger partial charge in [-0.2, -0.15) is 0 Å². The molecule has 0 saturated heterocycles. The molecule has 0 spiro atoms. The van der Waals surface area contributed by atoms with Gasteiger partial charge in [-0.05, 0) is 47.9 Å². The van der Waals surface area contributed by atoms with E-state index in [-0.39, 0.29) is 12.5 Å². The molecule has 0 saturated carbocycles. The van der Waals surface area contributed by atoms with Gasteiger partial charge in [0.25, 0.3) is 11.8 Å². The van der Waals surface area contributed by atoms with Crippen LogP contribution in [0.2, 0.25) is 0 Å². The van der Waals surface area contributed by atoms with Crippen LogP contribution in [0.25, 0.3) is 0 Å². The maximum absolute atomic E-state index is 12.6. The van der Waals surface area contributed by atoms with Crippen LogP contribution in [0.15, 0.2) is 48.5 Å². The fourth-order valence-corrected chi connectivity index (χ4v) is 2.24. The molecule has 5 heteroatoms. The van der Waals surface area contributed by atoms with E-state index in [2.05, 4.69) is 13.8 Å². The van der Waals surface area contributed by atoms with Crippen LogP contribution in [0.1, 0.15) is 35.7 Å².